The summed E-state index contributed by atoms with van der Waals surface area (Å²) in [5.41, 5.74) is 0.863. The summed E-state index contributed by atoms with van der Waals surface area (Å²) in [6.07, 6.45) is 0. The Bertz CT molecular complexity index is 857. The van der Waals surface area contributed by atoms with Crippen molar-refractivity contribution in [2.75, 3.05) is 0 Å². The van der Waals surface area contributed by atoms with Gasteiger partial charge in [0.2, 0.25) is 14.9 Å². The smallest absolute Gasteiger partial charge is 0.231 e. The lowest BCUT2D eigenvalue weighted by Gasteiger charge is -1.98. The first-order valence-electron chi connectivity index (χ1n) is 6.29. The normalized spacial score (nSPS) is 11.5. The van der Waals surface area contributed by atoms with Crippen LogP contribution < -0.4 is 4.98 Å². The van der Waals surface area contributed by atoms with Gasteiger partial charge in [0.05, 0.1) is 10.5 Å². The van der Waals surface area contributed by atoms with E-state index in [1.54, 1.807) is 30.3 Å². The second-order valence-corrected chi connectivity index (χ2v) is 6.82. The van der Waals surface area contributed by atoms with Gasteiger partial charge in [0.1, 0.15) is 0 Å². The number of sulfone groups is 1. The van der Waals surface area contributed by atoms with Crippen LogP contribution in [0.1, 0.15) is 0 Å². The minimum absolute atomic E-state index is 0.0656. The van der Waals surface area contributed by atoms with Crippen LogP contribution in [0.4, 0.5) is 0 Å². The lowest BCUT2D eigenvalue weighted by molar-refractivity contribution is -0.412. The lowest BCUT2D eigenvalue weighted by atomic mass is 10.2. The van der Waals surface area contributed by atoms with Crippen molar-refractivity contribution in [2.45, 2.75) is 14.9 Å². The minimum Gasteiger partial charge on any atom is -0.231 e. The third-order valence-electron chi connectivity index (χ3n) is 3.08. The highest BCUT2D eigenvalue weighted by atomic mass is 32.2. The van der Waals surface area contributed by atoms with Gasteiger partial charge in [-0.2, -0.15) is 0 Å². The van der Waals surface area contributed by atoms with E-state index in [-0.39, 0.29) is 14.9 Å². The predicted molar refractivity (Wildman–Crippen MR) is 81.9 cm³/mol. The fourth-order valence-electron chi connectivity index (χ4n) is 2.04. The van der Waals surface area contributed by atoms with Gasteiger partial charge in [0.25, 0.3) is 10.9 Å². The molecule has 0 saturated carbocycles. The van der Waals surface area contributed by atoms with Crippen LogP contribution in [0, 0.1) is 0 Å². The van der Waals surface area contributed by atoms with E-state index in [2.05, 4.69) is 22.6 Å². The monoisotopic (exact) mass is 317 g/mol. The number of H-pyrrole nitrogens is 2. The molecule has 2 N–H and O–H groups in total. The van der Waals surface area contributed by atoms with E-state index < -0.39 is 9.84 Å². The fourth-order valence-corrected chi connectivity index (χ4v) is 3.86. The predicted octanol–water partition coefficient (Wildman–Crippen LogP) is 2.62. The number of aromatic amines is 2. The fraction of sp³-hybridized carbons (Fsp3) is 0. The molecule has 1 heterocycles. The lowest BCUT2D eigenvalue weighted by Crippen LogP contribution is -2.06. The highest BCUT2D eigenvalue weighted by Gasteiger charge is 2.29. The standard InChI is InChI=1S/C15H12N2O2S2/c18-21(19,12-9-5-2-6-10-12)15-14(20)16-13(17-15)11-7-3-1-4-8-11/h1-10,20H,(H,16,17)/p+1. The number of nitrogens with one attached hydrogen (secondary N) is 2. The van der Waals surface area contributed by atoms with Crippen LogP contribution in [-0.2, 0) is 9.84 Å². The number of hydrogen-bond acceptors (Lipinski definition) is 3. The number of thiol groups is 1. The molecule has 3 aromatic rings. The van der Waals surface area contributed by atoms with Crippen molar-refractivity contribution in [1.29, 1.82) is 0 Å². The van der Waals surface area contributed by atoms with Crippen LogP contribution >= 0.6 is 12.6 Å². The van der Waals surface area contributed by atoms with Gasteiger partial charge in [0, 0.05) is 0 Å². The maximum absolute atomic E-state index is 12.6. The van der Waals surface area contributed by atoms with E-state index in [0.717, 1.165) is 5.56 Å². The Morgan fingerprint density at radius 1 is 0.905 bits per heavy atom. The van der Waals surface area contributed by atoms with Crippen molar-refractivity contribution < 1.29 is 13.4 Å². The highest BCUT2D eigenvalue weighted by Crippen LogP contribution is 2.25. The van der Waals surface area contributed by atoms with Crippen molar-refractivity contribution in [3.8, 4) is 11.4 Å². The molecule has 1 aromatic heterocycles. The molecule has 0 aliphatic carbocycles. The molecule has 0 atom stereocenters. The van der Waals surface area contributed by atoms with Gasteiger partial charge in [-0.3, -0.25) is 0 Å². The summed E-state index contributed by atoms with van der Waals surface area (Å²) in [7, 11) is -3.62. The summed E-state index contributed by atoms with van der Waals surface area (Å²) in [6, 6.07) is 17.7. The second-order valence-electron chi connectivity index (χ2n) is 4.49. The van der Waals surface area contributed by atoms with Crippen LogP contribution in [0.3, 0.4) is 0 Å². The van der Waals surface area contributed by atoms with Gasteiger partial charge in [-0.05, 0) is 24.3 Å². The number of hydrogen-bond donors (Lipinski definition) is 2. The van der Waals surface area contributed by atoms with E-state index in [1.807, 2.05) is 30.3 Å². The zero-order chi connectivity index (χ0) is 14.9. The Labute approximate surface area is 128 Å². The first-order chi connectivity index (χ1) is 10.1. The van der Waals surface area contributed by atoms with Crippen LogP contribution in [-0.4, -0.2) is 13.4 Å². The summed E-state index contributed by atoms with van der Waals surface area (Å²) < 4.78 is 25.2. The van der Waals surface area contributed by atoms with E-state index in [4.69, 9.17) is 0 Å². The van der Waals surface area contributed by atoms with Crippen molar-refractivity contribution in [1.82, 2.24) is 4.98 Å². The van der Waals surface area contributed by atoms with Crippen molar-refractivity contribution >= 4 is 22.5 Å². The molecule has 2 aromatic carbocycles. The van der Waals surface area contributed by atoms with E-state index in [9.17, 15) is 8.42 Å². The van der Waals surface area contributed by atoms with E-state index >= 15 is 0 Å². The zero-order valence-electron chi connectivity index (χ0n) is 10.9. The third kappa shape index (κ3) is 2.59. The van der Waals surface area contributed by atoms with Crippen molar-refractivity contribution in [3.63, 3.8) is 0 Å². The molecule has 3 rings (SSSR count). The van der Waals surface area contributed by atoms with E-state index in [1.165, 1.54) is 0 Å². The molecular formula is C15H13N2O2S2+. The molecule has 0 spiro atoms. The second kappa shape index (κ2) is 5.38. The molecule has 21 heavy (non-hydrogen) atoms. The molecule has 0 amide bonds. The van der Waals surface area contributed by atoms with E-state index in [0.29, 0.717) is 5.82 Å². The average molecular weight is 317 g/mol. The van der Waals surface area contributed by atoms with Crippen LogP contribution in [0.15, 0.2) is 75.6 Å². The van der Waals surface area contributed by atoms with Gasteiger partial charge < -0.3 is 0 Å². The topological polar surface area (TPSA) is 64.1 Å². The summed E-state index contributed by atoms with van der Waals surface area (Å²) in [5, 5.41) is 0.355. The number of rotatable bonds is 3. The highest BCUT2D eigenvalue weighted by molar-refractivity contribution is 7.92. The maximum atomic E-state index is 12.6. The first-order valence-corrected chi connectivity index (χ1v) is 8.22. The summed E-state index contributed by atoms with van der Waals surface area (Å²) in [6.45, 7) is 0. The molecule has 0 saturated heterocycles. The van der Waals surface area contributed by atoms with Gasteiger partial charge in [0.15, 0.2) is 0 Å². The Kier molecular flexibility index (Phi) is 3.57. The Morgan fingerprint density at radius 2 is 1.48 bits per heavy atom. The first kappa shape index (κ1) is 13.9. The molecule has 0 bridgehead atoms. The summed E-state index contributed by atoms with van der Waals surface area (Å²) >= 11 is 4.25. The zero-order valence-corrected chi connectivity index (χ0v) is 12.7. The quantitative estimate of drug-likeness (QED) is 0.729. The molecule has 0 radical (unpaired) electrons. The third-order valence-corrected chi connectivity index (χ3v) is 5.30. The number of imidazole rings is 1. The summed E-state index contributed by atoms with van der Waals surface area (Å²) in [5.74, 6) is 0.607. The summed E-state index contributed by atoms with van der Waals surface area (Å²) in [4.78, 5) is 6.11. The number of benzene rings is 2. The molecule has 0 aliphatic rings. The molecule has 6 heteroatoms. The average Bonchev–Trinajstić information content (AvgIpc) is 2.92. The van der Waals surface area contributed by atoms with Crippen molar-refractivity contribution in [2.24, 2.45) is 0 Å². The van der Waals surface area contributed by atoms with Crippen LogP contribution in [0.2, 0.25) is 0 Å². The molecule has 4 nitrogen and oxygen atoms in total. The Morgan fingerprint density at radius 3 is 2.10 bits per heavy atom. The van der Waals surface area contributed by atoms with Crippen LogP contribution in [0.25, 0.3) is 11.4 Å². The Hall–Kier alpha value is -2.05. The number of aromatic nitrogens is 2. The van der Waals surface area contributed by atoms with Gasteiger partial charge in [-0.25, -0.2) is 18.4 Å². The molecule has 0 fully saturated rings. The molecule has 0 aliphatic heterocycles. The van der Waals surface area contributed by atoms with Gasteiger partial charge >= 0.3 is 0 Å². The molecule has 106 valence electrons. The largest absolute Gasteiger partial charge is 0.286 e. The van der Waals surface area contributed by atoms with Crippen molar-refractivity contribution in [3.05, 3.63) is 60.7 Å². The van der Waals surface area contributed by atoms with Crippen LogP contribution in [0.5, 0.6) is 0 Å². The molecule has 0 unspecified atom stereocenters. The van der Waals surface area contributed by atoms with Gasteiger partial charge in [-0.1, -0.05) is 49.0 Å². The maximum Gasteiger partial charge on any atom is 0.286 e. The minimum atomic E-state index is -3.62. The Balaban J connectivity index is 2.11. The van der Waals surface area contributed by atoms with Gasteiger partial charge in [-0.15, -0.1) is 0 Å². The SMILES string of the molecule is O=S(=O)(c1ccccc1)c1[nH]c(-c2ccccc2)[nH+]c1S. The molecular weight excluding hydrogens is 304 g/mol.